The van der Waals surface area contributed by atoms with Crippen LogP contribution in [-0.4, -0.2) is 53.8 Å². The van der Waals surface area contributed by atoms with E-state index < -0.39 is 23.2 Å². The number of nitrogens with zero attached hydrogens (tertiary/aromatic N) is 4. The van der Waals surface area contributed by atoms with Crippen LogP contribution in [0.2, 0.25) is 0 Å². The highest BCUT2D eigenvalue weighted by atomic mass is 19.4. The number of halogens is 3. The van der Waals surface area contributed by atoms with E-state index >= 15 is 0 Å². The molecule has 0 radical (unpaired) electrons. The average Bonchev–Trinajstić information content (AvgIpc) is 2.80. The number of alkyl halides is 3. The first kappa shape index (κ1) is 22.5. The standard InChI is InChI=1S/C23H22F3N5O2/c1-29-11-13-30(14-12-29)17-7-8-19(18(15-17)23(24,25)26)27-22(33)20-9-10-21(32)31(28-20)16-5-3-2-4-6-16/h2-10,15H,11-14H2,1H3,(H,27,33). The van der Waals surface area contributed by atoms with Crippen LogP contribution in [0.5, 0.6) is 0 Å². The van der Waals surface area contributed by atoms with Gasteiger partial charge in [0.05, 0.1) is 16.9 Å². The summed E-state index contributed by atoms with van der Waals surface area (Å²) >= 11 is 0. The highest BCUT2D eigenvalue weighted by molar-refractivity contribution is 6.03. The number of hydrogen-bond donors (Lipinski definition) is 1. The largest absolute Gasteiger partial charge is 0.418 e. The van der Waals surface area contributed by atoms with Gasteiger partial charge in [0.15, 0.2) is 0 Å². The molecule has 1 aliphatic heterocycles. The van der Waals surface area contributed by atoms with Crippen LogP contribution in [0.25, 0.3) is 5.69 Å². The van der Waals surface area contributed by atoms with Gasteiger partial charge in [0.25, 0.3) is 11.5 Å². The van der Waals surface area contributed by atoms with Crippen LogP contribution < -0.4 is 15.8 Å². The molecule has 2 heterocycles. The van der Waals surface area contributed by atoms with E-state index in [0.717, 1.165) is 29.9 Å². The lowest BCUT2D eigenvalue weighted by molar-refractivity contribution is -0.136. The highest BCUT2D eigenvalue weighted by Crippen LogP contribution is 2.37. The Kier molecular flexibility index (Phi) is 6.19. The van der Waals surface area contributed by atoms with E-state index in [4.69, 9.17) is 0 Å². The first-order valence-electron chi connectivity index (χ1n) is 10.3. The molecule has 0 saturated carbocycles. The lowest BCUT2D eigenvalue weighted by atomic mass is 10.1. The van der Waals surface area contributed by atoms with Crippen LogP contribution in [0.1, 0.15) is 16.1 Å². The molecule has 0 aliphatic carbocycles. The Balaban J connectivity index is 1.62. The maximum atomic E-state index is 13.8. The molecule has 1 saturated heterocycles. The van der Waals surface area contributed by atoms with Crippen LogP contribution in [0.4, 0.5) is 24.5 Å². The van der Waals surface area contributed by atoms with E-state index in [1.54, 1.807) is 36.4 Å². The molecule has 1 N–H and O–H groups in total. The Labute approximate surface area is 188 Å². The molecule has 1 fully saturated rings. The second kappa shape index (κ2) is 9.07. The summed E-state index contributed by atoms with van der Waals surface area (Å²) in [6, 6.07) is 14.6. The number of carbonyl (C=O) groups is 1. The SMILES string of the molecule is CN1CCN(c2ccc(NC(=O)c3ccc(=O)n(-c4ccccc4)n3)c(C(F)(F)F)c2)CC1. The predicted molar refractivity (Wildman–Crippen MR) is 119 cm³/mol. The van der Waals surface area contributed by atoms with E-state index in [0.29, 0.717) is 24.5 Å². The van der Waals surface area contributed by atoms with Crippen molar-refractivity contribution in [1.29, 1.82) is 0 Å². The quantitative estimate of drug-likeness (QED) is 0.652. The fourth-order valence-corrected chi connectivity index (χ4v) is 3.61. The molecule has 172 valence electrons. The molecule has 10 heteroatoms. The molecule has 1 aliphatic rings. The first-order chi connectivity index (χ1) is 15.7. The average molecular weight is 457 g/mol. The fraction of sp³-hybridized carbons (Fsp3) is 0.261. The van der Waals surface area contributed by atoms with Crippen molar-refractivity contribution in [3.8, 4) is 5.69 Å². The molecule has 0 unspecified atom stereocenters. The minimum absolute atomic E-state index is 0.185. The van der Waals surface area contributed by atoms with Gasteiger partial charge in [0.1, 0.15) is 5.69 Å². The summed E-state index contributed by atoms with van der Waals surface area (Å²) in [5.74, 6) is -0.850. The molecule has 4 rings (SSSR count). The third-order valence-corrected chi connectivity index (χ3v) is 5.46. The van der Waals surface area contributed by atoms with Crippen molar-refractivity contribution in [3.05, 3.63) is 82.3 Å². The molecule has 0 spiro atoms. The van der Waals surface area contributed by atoms with Crippen molar-refractivity contribution in [1.82, 2.24) is 14.7 Å². The Morgan fingerprint density at radius 2 is 1.64 bits per heavy atom. The van der Waals surface area contributed by atoms with Crippen LogP contribution in [0.3, 0.4) is 0 Å². The minimum atomic E-state index is -4.67. The minimum Gasteiger partial charge on any atom is -0.369 e. The molecule has 0 atom stereocenters. The number of amides is 1. The zero-order valence-corrected chi connectivity index (χ0v) is 17.8. The summed E-state index contributed by atoms with van der Waals surface area (Å²) in [6.07, 6.45) is -4.67. The zero-order chi connectivity index (χ0) is 23.6. The zero-order valence-electron chi connectivity index (χ0n) is 17.8. The summed E-state index contributed by atoms with van der Waals surface area (Å²) in [7, 11) is 1.96. The van der Waals surface area contributed by atoms with Crippen molar-refractivity contribution >= 4 is 17.3 Å². The Bertz CT molecular complexity index is 1200. The van der Waals surface area contributed by atoms with Gasteiger partial charge < -0.3 is 15.1 Å². The molecule has 0 bridgehead atoms. The molecule has 1 amide bonds. The van der Waals surface area contributed by atoms with Gasteiger partial charge >= 0.3 is 6.18 Å². The smallest absolute Gasteiger partial charge is 0.369 e. The number of piperazine rings is 1. The number of anilines is 2. The molecule has 7 nitrogen and oxygen atoms in total. The summed E-state index contributed by atoms with van der Waals surface area (Å²) in [5, 5.41) is 6.33. The number of aromatic nitrogens is 2. The van der Waals surface area contributed by atoms with Gasteiger partial charge in [0.2, 0.25) is 0 Å². The van der Waals surface area contributed by atoms with Crippen molar-refractivity contribution < 1.29 is 18.0 Å². The van der Waals surface area contributed by atoms with Crippen LogP contribution in [0, 0.1) is 0 Å². The Hall–Kier alpha value is -3.66. The number of para-hydroxylation sites is 1. The number of likely N-dealkylation sites (N-methyl/N-ethyl adjacent to an activating group) is 1. The summed E-state index contributed by atoms with van der Waals surface area (Å²) in [4.78, 5) is 28.9. The molecule has 33 heavy (non-hydrogen) atoms. The van der Waals surface area contributed by atoms with Gasteiger partial charge in [-0.1, -0.05) is 18.2 Å². The number of carbonyl (C=O) groups excluding carboxylic acids is 1. The van der Waals surface area contributed by atoms with Gasteiger partial charge in [-0.3, -0.25) is 9.59 Å². The van der Waals surface area contributed by atoms with Gasteiger partial charge in [-0.25, -0.2) is 0 Å². The van der Waals surface area contributed by atoms with Crippen molar-refractivity contribution in [2.45, 2.75) is 6.18 Å². The topological polar surface area (TPSA) is 70.5 Å². The molecular formula is C23H22F3N5O2. The van der Waals surface area contributed by atoms with Crippen molar-refractivity contribution in [2.75, 3.05) is 43.4 Å². The lowest BCUT2D eigenvalue weighted by Crippen LogP contribution is -2.44. The van der Waals surface area contributed by atoms with E-state index in [-0.39, 0.29) is 11.4 Å². The van der Waals surface area contributed by atoms with Gasteiger partial charge in [0, 0.05) is 37.9 Å². The summed E-state index contributed by atoms with van der Waals surface area (Å²) < 4.78 is 42.5. The fourth-order valence-electron chi connectivity index (χ4n) is 3.61. The second-order valence-corrected chi connectivity index (χ2v) is 7.78. The monoisotopic (exact) mass is 457 g/mol. The lowest BCUT2D eigenvalue weighted by Gasteiger charge is -2.34. The van der Waals surface area contributed by atoms with E-state index in [9.17, 15) is 22.8 Å². The number of rotatable bonds is 4. The van der Waals surface area contributed by atoms with E-state index in [1.807, 2.05) is 11.9 Å². The van der Waals surface area contributed by atoms with Crippen molar-refractivity contribution in [2.24, 2.45) is 0 Å². The highest BCUT2D eigenvalue weighted by Gasteiger charge is 2.35. The maximum absolute atomic E-state index is 13.8. The molecule has 3 aromatic rings. The Morgan fingerprint density at radius 1 is 0.939 bits per heavy atom. The predicted octanol–water partition coefficient (Wildman–Crippen LogP) is 3.26. The van der Waals surface area contributed by atoms with Crippen LogP contribution in [-0.2, 0) is 6.18 Å². The first-order valence-corrected chi connectivity index (χ1v) is 10.3. The summed E-state index contributed by atoms with van der Waals surface area (Å²) in [5.41, 5.74) is -1.08. The van der Waals surface area contributed by atoms with Crippen LogP contribution >= 0.6 is 0 Å². The molecule has 1 aromatic heterocycles. The maximum Gasteiger partial charge on any atom is 0.418 e. The third-order valence-electron chi connectivity index (χ3n) is 5.46. The molecule has 2 aromatic carbocycles. The Morgan fingerprint density at radius 3 is 2.30 bits per heavy atom. The summed E-state index contributed by atoms with van der Waals surface area (Å²) in [6.45, 7) is 2.74. The third kappa shape index (κ3) is 5.06. The number of benzene rings is 2. The number of hydrogen-bond acceptors (Lipinski definition) is 5. The van der Waals surface area contributed by atoms with E-state index in [2.05, 4.69) is 15.3 Å². The van der Waals surface area contributed by atoms with Crippen molar-refractivity contribution in [3.63, 3.8) is 0 Å². The van der Waals surface area contributed by atoms with Gasteiger partial charge in [-0.15, -0.1) is 0 Å². The normalized spacial score (nSPS) is 14.8. The van der Waals surface area contributed by atoms with E-state index in [1.165, 1.54) is 12.1 Å². The van der Waals surface area contributed by atoms with Crippen LogP contribution in [0.15, 0.2) is 65.5 Å². The van der Waals surface area contributed by atoms with Gasteiger partial charge in [-0.2, -0.15) is 23.0 Å². The molecular weight excluding hydrogens is 435 g/mol. The van der Waals surface area contributed by atoms with Gasteiger partial charge in [-0.05, 0) is 43.4 Å². The number of nitrogens with one attached hydrogen (secondary N) is 1. The second-order valence-electron chi connectivity index (χ2n) is 7.78.